The molecule has 16 heteroatoms. The molecule has 0 spiro atoms. The Morgan fingerprint density at radius 3 is 2.93 bits per heavy atom. The number of hydrogen-bond donors (Lipinski definition) is 5. The van der Waals surface area contributed by atoms with Crippen LogP contribution in [0, 0.1) is 0 Å². The van der Waals surface area contributed by atoms with Crippen molar-refractivity contribution >= 4 is 44.8 Å². The van der Waals surface area contributed by atoms with Crippen molar-refractivity contribution in [1.29, 1.82) is 0 Å². The Morgan fingerprint density at radius 2 is 2.20 bits per heavy atom. The third-order valence-electron chi connectivity index (χ3n) is 4.89. The molecule has 4 heterocycles. The van der Waals surface area contributed by atoms with E-state index in [1.165, 1.54) is 7.57 Å². The Morgan fingerprint density at radius 1 is 1.43 bits per heavy atom. The van der Waals surface area contributed by atoms with Crippen molar-refractivity contribution < 1.29 is 38.1 Å². The average molecular weight is 445 g/mol. The minimum absolute atomic E-state index is 0.0165. The number of carbonyl (C=O) groups excluding carboxylic acids is 1. The summed E-state index contributed by atoms with van der Waals surface area (Å²) >= 11 is 0. The van der Waals surface area contributed by atoms with E-state index in [1.807, 2.05) is 0 Å². The first kappa shape index (κ1) is 20.8. The van der Waals surface area contributed by atoms with E-state index in [4.69, 9.17) is 29.4 Å². The first-order chi connectivity index (χ1) is 14.1. The van der Waals surface area contributed by atoms with Crippen molar-refractivity contribution in [2.75, 3.05) is 29.2 Å². The molecular formula is C14H21BN5O9P. The van der Waals surface area contributed by atoms with Crippen molar-refractivity contribution in [3.63, 3.8) is 0 Å². The number of nitrogens with one attached hydrogen (secondary N) is 2. The van der Waals surface area contributed by atoms with Gasteiger partial charge < -0.3 is 0 Å². The normalized spacial score (nSPS) is 30.1. The molecule has 4 rings (SSSR count). The molecule has 3 aliphatic heterocycles. The number of H-pyrrole nitrogens is 1. The number of carboxylic acids is 1. The Kier molecular flexibility index (Phi) is 5.32. The van der Waals surface area contributed by atoms with Gasteiger partial charge in [-0.25, -0.2) is 0 Å². The van der Waals surface area contributed by atoms with Crippen LogP contribution in [0.25, 0.3) is 0 Å². The maximum absolute atomic E-state index is 12.2. The third kappa shape index (κ3) is 3.94. The topological polar surface area (TPSA) is 199 Å². The second kappa shape index (κ2) is 7.67. The summed E-state index contributed by atoms with van der Waals surface area (Å²) in [5.41, 5.74) is 5.36. The number of fused-ring (bicyclic) bond motifs is 2. The van der Waals surface area contributed by atoms with Gasteiger partial charge in [0, 0.05) is 0 Å². The molecule has 30 heavy (non-hydrogen) atoms. The monoisotopic (exact) mass is 445 g/mol. The maximum atomic E-state index is 12.2. The third-order valence-corrected chi connectivity index (χ3v) is 6.30. The Hall–Kier alpha value is -2.45. The number of aromatic nitrogens is 2. The number of esters is 1. The van der Waals surface area contributed by atoms with E-state index in [0.717, 1.165) is 0 Å². The Bertz CT molecular complexity index is 930. The molecule has 2 saturated heterocycles. The molecule has 6 N–H and O–H groups in total. The minimum atomic E-state index is -3.45. The number of anilines is 3. The molecule has 0 radical (unpaired) electrons. The zero-order chi connectivity index (χ0) is 21.6. The standard InChI is InChI=1S/C14H21BN5O9P/c15-30(25)26-3-5-9(29-30)10(28-7(23)2-1-6(21)22)13(27-5)20-4-17-8-11(20)18-14(16)19-12(8)24/h5,9-10,13,17,25,30H,1-4,15H2,(H,21,22)(H3,16,18,19,24)/t5-,9-,10?,13?/m1/s1. The van der Waals surface area contributed by atoms with E-state index in [0.29, 0.717) is 0 Å². The van der Waals surface area contributed by atoms with Crippen LogP contribution in [0.2, 0.25) is 0 Å². The predicted molar refractivity (Wildman–Crippen MR) is 106 cm³/mol. The summed E-state index contributed by atoms with van der Waals surface area (Å²) in [7, 11) is -2.03. The molecule has 0 aliphatic carbocycles. The summed E-state index contributed by atoms with van der Waals surface area (Å²) in [6.45, 7) is 0.124. The zero-order valence-electron chi connectivity index (χ0n) is 15.9. The van der Waals surface area contributed by atoms with E-state index in [9.17, 15) is 19.3 Å². The van der Waals surface area contributed by atoms with Crippen LogP contribution in [0.1, 0.15) is 12.8 Å². The van der Waals surface area contributed by atoms with E-state index < -0.39 is 56.3 Å². The van der Waals surface area contributed by atoms with Crippen molar-refractivity contribution in [2.45, 2.75) is 37.4 Å². The average Bonchev–Trinajstić information content (AvgIpc) is 3.21. The molecule has 164 valence electrons. The van der Waals surface area contributed by atoms with Gasteiger partial charge in [0.25, 0.3) is 0 Å². The molecule has 2 unspecified atom stereocenters. The second-order valence-corrected chi connectivity index (χ2v) is 9.48. The second-order valence-electron chi connectivity index (χ2n) is 7.16. The van der Waals surface area contributed by atoms with Gasteiger partial charge in [-0.3, -0.25) is 0 Å². The summed E-state index contributed by atoms with van der Waals surface area (Å²) in [5.74, 6) is -1.80. The predicted octanol–water partition coefficient (Wildman–Crippen LogP) is -2.51. The molecular weight excluding hydrogens is 424 g/mol. The van der Waals surface area contributed by atoms with Gasteiger partial charge in [-0.2, -0.15) is 0 Å². The van der Waals surface area contributed by atoms with Gasteiger partial charge in [0.1, 0.15) is 0 Å². The molecule has 4 atom stereocenters. The van der Waals surface area contributed by atoms with Crippen molar-refractivity contribution in [3.8, 4) is 0 Å². The molecule has 1 aromatic rings. The van der Waals surface area contributed by atoms with Gasteiger partial charge in [-0.05, 0) is 0 Å². The van der Waals surface area contributed by atoms with Crippen LogP contribution in [0.5, 0.6) is 0 Å². The fourth-order valence-corrected chi connectivity index (χ4v) is 4.93. The fraction of sp³-hybridized carbons (Fsp3) is 0.571. The van der Waals surface area contributed by atoms with Crippen LogP contribution in [-0.4, -0.2) is 77.3 Å². The van der Waals surface area contributed by atoms with Crippen LogP contribution >= 0.6 is 7.82 Å². The van der Waals surface area contributed by atoms with E-state index >= 15 is 0 Å². The number of hydrogen-bond acceptors (Lipinski definition) is 12. The van der Waals surface area contributed by atoms with Gasteiger partial charge >= 0.3 is 170 Å². The molecule has 0 aromatic carbocycles. The summed E-state index contributed by atoms with van der Waals surface area (Å²) in [6, 6.07) is 0. The molecule has 0 amide bonds. The molecule has 0 saturated carbocycles. The SMILES string of the molecule is B[PH]1(O)OC[C@H]2OC(N3CNc4c3nc(N)[nH]c4=O)C(OC(=O)CCC(=O)O)[C@@H]2O1. The summed E-state index contributed by atoms with van der Waals surface area (Å²) in [4.78, 5) is 53.4. The quantitative estimate of drug-likeness (QED) is 0.181. The van der Waals surface area contributed by atoms with Crippen molar-refractivity contribution in [3.05, 3.63) is 10.4 Å². The summed E-state index contributed by atoms with van der Waals surface area (Å²) in [6.07, 6.45) is -4.23. The van der Waals surface area contributed by atoms with E-state index in [1.54, 1.807) is 4.90 Å². The van der Waals surface area contributed by atoms with Crippen LogP contribution < -0.4 is 21.5 Å². The molecule has 0 bridgehead atoms. The molecule has 3 aliphatic rings. The van der Waals surface area contributed by atoms with Gasteiger partial charge in [0.2, 0.25) is 0 Å². The number of nitrogens with zero attached hydrogens (tertiary/aromatic N) is 2. The number of nitrogen functional groups attached to an aromatic ring is 1. The summed E-state index contributed by atoms with van der Waals surface area (Å²) < 4.78 is 22.5. The number of ether oxygens (including phenoxy) is 2. The number of nitrogens with two attached hydrogens (primary N) is 1. The summed E-state index contributed by atoms with van der Waals surface area (Å²) in [5, 5.41) is 11.7. The number of aliphatic carboxylic acids is 1. The van der Waals surface area contributed by atoms with E-state index in [-0.39, 0.29) is 37.1 Å². The van der Waals surface area contributed by atoms with Crippen LogP contribution in [0.4, 0.5) is 17.5 Å². The van der Waals surface area contributed by atoms with Gasteiger partial charge in [-0.15, -0.1) is 0 Å². The molecule has 1 aromatic heterocycles. The number of carboxylic acid groups (broad SMARTS) is 1. The number of carbonyl (C=O) groups is 2. The van der Waals surface area contributed by atoms with Gasteiger partial charge in [0.15, 0.2) is 0 Å². The Labute approximate surface area is 170 Å². The van der Waals surface area contributed by atoms with Crippen LogP contribution in [0.3, 0.4) is 0 Å². The Balaban J connectivity index is 1.62. The van der Waals surface area contributed by atoms with Crippen LogP contribution in [-0.2, 0) is 28.1 Å². The van der Waals surface area contributed by atoms with Gasteiger partial charge in [0.05, 0.1) is 0 Å². The van der Waals surface area contributed by atoms with Crippen molar-refractivity contribution in [2.24, 2.45) is 0 Å². The van der Waals surface area contributed by atoms with Gasteiger partial charge in [-0.1, -0.05) is 0 Å². The number of aromatic amines is 1. The zero-order valence-corrected chi connectivity index (χ0v) is 16.9. The molecule has 14 nitrogen and oxygen atoms in total. The number of rotatable bonds is 5. The molecule has 2 fully saturated rings. The first-order valence-corrected chi connectivity index (χ1v) is 11.4. The van der Waals surface area contributed by atoms with E-state index in [2.05, 4.69) is 15.3 Å². The van der Waals surface area contributed by atoms with Crippen LogP contribution in [0.15, 0.2) is 4.79 Å². The first-order valence-electron chi connectivity index (χ1n) is 9.16. The fourth-order valence-electron chi connectivity index (χ4n) is 3.60. The van der Waals surface area contributed by atoms with Crippen molar-refractivity contribution in [1.82, 2.24) is 9.97 Å².